The number of hydrogen-bond donors (Lipinski definition) is 0. The van der Waals surface area contributed by atoms with Crippen LogP contribution < -0.4 is 0 Å². The number of nitrogens with zero attached hydrogens (tertiary/aromatic N) is 2. The number of amides is 1. The van der Waals surface area contributed by atoms with Crippen LogP contribution in [-0.2, 0) is 16.1 Å². The number of rotatable bonds is 9. The van der Waals surface area contributed by atoms with E-state index in [2.05, 4.69) is 0 Å². The molecule has 1 amide bonds. The number of hydrogen-bond acceptors (Lipinski definition) is 4. The summed E-state index contributed by atoms with van der Waals surface area (Å²) in [4.78, 5) is 39.1. The van der Waals surface area contributed by atoms with E-state index in [1.165, 1.54) is 0 Å². The normalized spacial score (nSPS) is 10.9. The van der Waals surface area contributed by atoms with E-state index in [0.29, 0.717) is 36.3 Å². The predicted octanol–water partition coefficient (Wildman–Crippen LogP) is 3.38. The van der Waals surface area contributed by atoms with Gasteiger partial charge in [0.1, 0.15) is 5.69 Å². The van der Waals surface area contributed by atoms with E-state index < -0.39 is 5.97 Å². The molecule has 0 spiro atoms. The molecule has 0 aliphatic heterocycles. The van der Waals surface area contributed by atoms with Gasteiger partial charge >= 0.3 is 5.97 Å². The molecule has 26 heavy (non-hydrogen) atoms. The van der Waals surface area contributed by atoms with Gasteiger partial charge < -0.3 is 14.2 Å². The second-order valence-electron chi connectivity index (χ2n) is 6.84. The number of esters is 1. The molecule has 0 radical (unpaired) electrons. The Hall–Kier alpha value is -2.11. The summed E-state index contributed by atoms with van der Waals surface area (Å²) in [7, 11) is 0. The minimum atomic E-state index is -0.419. The maximum absolute atomic E-state index is 13.0. The number of ether oxygens (including phenoxy) is 1. The monoisotopic (exact) mass is 364 g/mol. The van der Waals surface area contributed by atoms with E-state index in [4.69, 9.17) is 4.74 Å². The highest BCUT2D eigenvalue weighted by atomic mass is 16.5. The van der Waals surface area contributed by atoms with Crippen LogP contribution in [0.5, 0.6) is 0 Å². The number of ketones is 1. The lowest BCUT2D eigenvalue weighted by molar-refractivity contribution is -0.130. The average molecular weight is 364 g/mol. The van der Waals surface area contributed by atoms with Crippen molar-refractivity contribution < 1.29 is 19.1 Å². The molecule has 0 N–H and O–H groups in total. The molecule has 6 nitrogen and oxygen atoms in total. The Balaban J connectivity index is 3.27. The highest BCUT2D eigenvalue weighted by molar-refractivity contribution is 6.04. The smallest absolute Gasteiger partial charge is 0.355 e. The second-order valence-corrected chi connectivity index (χ2v) is 6.84. The molecule has 0 unspecified atom stereocenters. The minimum Gasteiger partial charge on any atom is -0.461 e. The fourth-order valence-electron chi connectivity index (χ4n) is 3.34. The third-order valence-electron chi connectivity index (χ3n) is 4.41. The van der Waals surface area contributed by atoms with Crippen molar-refractivity contribution in [1.82, 2.24) is 9.47 Å². The summed E-state index contributed by atoms with van der Waals surface area (Å²) < 4.78 is 6.97. The molecule has 0 aliphatic rings. The Bertz CT molecular complexity index is 674. The molecule has 6 heteroatoms. The van der Waals surface area contributed by atoms with Crippen LogP contribution in [0.3, 0.4) is 0 Å². The molecule has 1 aromatic rings. The SMILES string of the molecule is CCOC(=O)c1c(C)c(C(=O)CN(CC(C)C)C(=O)CC)c(C)n1CC. The number of carbonyl (C=O) groups excluding carboxylic acids is 3. The first-order valence-electron chi connectivity index (χ1n) is 9.37. The molecule has 0 aliphatic carbocycles. The standard InChI is InChI=1S/C20H32N2O4/c1-8-17(24)21(11-13(4)5)12-16(23)18-14(6)19(20(25)26-10-3)22(9-2)15(18)7/h13H,8-12H2,1-7H3. The van der Waals surface area contributed by atoms with Crippen LogP contribution in [0.4, 0.5) is 0 Å². The molecule has 146 valence electrons. The van der Waals surface area contributed by atoms with Crippen LogP contribution in [0, 0.1) is 19.8 Å². The van der Waals surface area contributed by atoms with Crippen molar-refractivity contribution in [3.63, 3.8) is 0 Å². The fourth-order valence-corrected chi connectivity index (χ4v) is 3.34. The van der Waals surface area contributed by atoms with Crippen molar-refractivity contribution in [2.24, 2.45) is 5.92 Å². The Morgan fingerprint density at radius 2 is 1.73 bits per heavy atom. The lowest BCUT2D eigenvalue weighted by Gasteiger charge is -2.23. The van der Waals surface area contributed by atoms with Gasteiger partial charge in [-0.15, -0.1) is 0 Å². The van der Waals surface area contributed by atoms with Gasteiger partial charge in [0.2, 0.25) is 5.91 Å². The van der Waals surface area contributed by atoms with E-state index in [9.17, 15) is 14.4 Å². The van der Waals surface area contributed by atoms with Gasteiger partial charge in [0.15, 0.2) is 5.78 Å². The Kier molecular flexibility index (Phi) is 8.06. The quantitative estimate of drug-likeness (QED) is 0.498. The lowest BCUT2D eigenvalue weighted by Crippen LogP contribution is -2.38. The highest BCUT2D eigenvalue weighted by Crippen LogP contribution is 2.24. The summed E-state index contributed by atoms with van der Waals surface area (Å²) in [6, 6.07) is 0. The minimum absolute atomic E-state index is 0.0303. The van der Waals surface area contributed by atoms with Crippen LogP contribution in [0.1, 0.15) is 73.1 Å². The molecular formula is C20H32N2O4. The molecule has 1 rings (SSSR count). The summed E-state index contributed by atoms with van der Waals surface area (Å²) in [5.74, 6) is -0.323. The molecule has 0 saturated heterocycles. The second kappa shape index (κ2) is 9.55. The number of carbonyl (C=O) groups is 3. The molecule has 0 aromatic carbocycles. The fraction of sp³-hybridized carbons (Fsp3) is 0.650. The van der Waals surface area contributed by atoms with Gasteiger partial charge in [-0.2, -0.15) is 0 Å². The van der Waals surface area contributed by atoms with E-state index in [1.54, 1.807) is 25.7 Å². The van der Waals surface area contributed by atoms with Crippen molar-refractivity contribution in [3.8, 4) is 0 Å². The molecule has 0 fully saturated rings. The Labute approximate surface area is 156 Å². The first-order valence-corrected chi connectivity index (χ1v) is 9.37. The van der Waals surface area contributed by atoms with E-state index in [0.717, 1.165) is 5.69 Å². The predicted molar refractivity (Wildman–Crippen MR) is 102 cm³/mol. The van der Waals surface area contributed by atoms with Crippen molar-refractivity contribution in [2.75, 3.05) is 19.7 Å². The highest BCUT2D eigenvalue weighted by Gasteiger charge is 2.28. The van der Waals surface area contributed by atoms with Crippen molar-refractivity contribution in [1.29, 1.82) is 0 Å². The maximum Gasteiger partial charge on any atom is 0.355 e. The van der Waals surface area contributed by atoms with Gasteiger partial charge in [-0.25, -0.2) is 4.79 Å². The third kappa shape index (κ3) is 4.74. The van der Waals surface area contributed by atoms with Crippen LogP contribution in [0.25, 0.3) is 0 Å². The lowest BCUT2D eigenvalue weighted by atomic mass is 10.0. The number of aromatic nitrogens is 1. The first kappa shape index (κ1) is 21.9. The Morgan fingerprint density at radius 1 is 1.12 bits per heavy atom. The maximum atomic E-state index is 13.0. The topological polar surface area (TPSA) is 68.6 Å². The molecule has 1 heterocycles. The summed E-state index contributed by atoms with van der Waals surface area (Å²) in [5, 5.41) is 0. The van der Waals surface area contributed by atoms with Gasteiger partial charge in [0, 0.05) is 30.8 Å². The third-order valence-corrected chi connectivity index (χ3v) is 4.41. The zero-order valence-electron chi connectivity index (χ0n) is 17.1. The molecular weight excluding hydrogens is 332 g/mol. The molecule has 1 aromatic heterocycles. The van der Waals surface area contributed by atoms with Gasteiger partial charge in [-0.3, -0.25) is 9.59 Å². The van der Waals surface area contributed by atoms with Gasteiger partial charge in [-0.1, -0.05) is 20.8 Å². The van der Waals surface area contributed by atoms with E-state index in [1.807, 2.05) is 32.3 Å². The summed E-state index contributed by atoms with van der Waals surface area (Å²) in [5.41, 5.74) is 2.31. The Morgan fingerprint density at radius 3 is 2.19 bits per heavy atom. The van der Waals surface area contributed by atoms with Gasteiger partial charge in [0.25, 0.3) is 0 Å². The van der Waals surface area contributed by atoms with Crippen LogP contribution in [0.2, 0.25) is 0 Å². The number of Topliss-reactive ketones (excluding diaryl/α,β-unsaturated/α-hetero) is 1. The summed E-state index contributed by atoms with van der Waals surface area (Å²) >= 11 is 0. The van der Waals surface area contributed by atoms with Gasteiger partial charge in [0.05, 0.1) is 13.2 Å². The zero-order valence-corrected chi connectivity index (χ0v) is 17.1. The first-order chi connectivity index (χ1) is 12.2. The molecule has 0 bridgehead atoms. The van der Waals surface area contributed by atoms with E-state index >= 15 is 0 Å². The van der Waals surface area contributed by atoms with Crippen molar-refractivity contribution in [3.05, 3.63) is 22.5 Å². The van der Waals surface area contributed by atoms with Gasteiger partial charge in [-0.05, 0) is 39.2 Å². The van der Waals surface area contributed by atoms with Crippen LogP contribution in [0.15, 0.2) is 0 Å². The molecule has 0 atom stereocenters. The zero-order chi connectivity index (χ0) is 20.0. The van der Waals surface area contributed by atoms with E-state index in [-0.39, 0.29) is 30.8 Å². The van der Waals surface area contributed by atoms with Crippen molar-refractivity contribution in [2.45, 2.75) is 61.4 Å². The van der Waals surface area contributed by atoms with Crippen LogP contribution >= 0.6 is 0 Å². The largest absolute Gasteiger partial charge is 0.461 e. The van der Waals surface area contributed by atoms with Crippen LogP contribution in [-0.4, -0.2) is 46.8 Å². The average Bonchev–Trinajstić information content (AvgIpc) is 2.83. The molecule has 0 saturated carbocycles. The van der Waals surface area contributed by atoms with Crippen molar-refractivity contribution >= 4 is 17.7 Å². The summed E-state index contributed by atoms with van der Waals surface area (Å²) in [6.07, 6.45) is 0.363. The summed E-state index contributed by atoms with van der Waals surface area (Å²) in [6.45, 7) is 14.5.